The Labute approximate surface area is 186 Å². The van der Waals surface area contributed by atoms with Crippen molar-refractivity contribution in [2.45, 2.75) is 46.3 Å². The molecule has 0 aliphatic heterocycles. The molecule has 0 aliphatic carbocycles. The van der Waals surface area contributed by atoms with Crippen LogP contribution in [0.15, 0.2) is 36.4 Å². The minimum atomic E-state index is -4.52. The minimum Gasteiger partial charge on any atom is -0.496 e. The number of hydrogen-bond acceptors (Lipinski definition) is 4. The lowest BCUT2D eigenvalue weighted by molar-refractivity contribution is -0.144. The van der Waals surface area contributed by atoms with Crippen LogP contribution in [0.4, 0.5) is 13.2 Å². The molecule has 2 rings (SSSR count). The number of carbonyl (C=O) groups excluding carboxylic acids is 2. The van der Waals surface area contributed by atoms with Crippen LogP contribution in [-0.4, -0.2) is 37.0 Å². The van der Waals surface area contributed by atoms with Gasteiger partial charge in [-0.1, -0.05) is 12.1 Å². The van der Waals surface area contributed by atoms with Crippen molar-refractivity contribution in [1.29, 1.82) is 0 Å². The van der Waals surface area contributed by atoms with Gasteiger partial charge in [-0.3, -0.25) is 9.59 Å². The number of nitrogens with zero attached hydrogens (tertiary/aromatic N) is 1. The highest BCUT2D eigenvalue weighted by atomic mass is 19.4. The molecule has 0 bridgehead atoms. The minimum absolute atomic E-state index is 0.00585. The zero-order valence-electron chi connectivity index (χ0n) is 18.9. The maximum Gasteiger partial charge on any atom is 0.416 e. The van der Waals surface area contributed by atoms with E-state index in [4.69, 9.17) is 9.47 Å². The molecule has 0 saturated carbocycles. The summed E-state index contributed by atoms with van der Waals surface area (Å²) in [6, 6.07) is 8.55. The maximum absolute atomic E-state index is 13.4. The molecule has 0 fully saturated rings. The fourth-order valence-electron chi connectivity index (χ4n) is 3.42. The SMILES string of the molecule is CCOC(=O)C(C)c1ccc(OC)c(-c2ccc(C(F)(F)F)cc2CN(CC)C(C)=O)c1. The zero-order valence-corrected chi connectivity index (χ0v) is 18.9. The summed E-state index contributed by atoms with van der Waals surface area (Å²) in [5.41, 5.74) is 1.20. The molecular weight excluding hydrogens is 423 g/mol. The number of alkyl halides is 3. The van der Waals surface area contributed by atoms with Gasteiger partial charge in [0.15, 0.2) is 0 Å². The summed E-state index contributed by atoms with van der Waals surface area (Å²) < 4.78 is 50.7. The van der Waals surface area contributed by atoms with Crippen LogP contribution < -0.4 is 4.74 Å². The summed E-state index contributed by atoms with van der Waals surface area (Å²) in [4.78, 5) is 25.6. The van der Waals surface area contributed by atoms with Gasteiger partial charge in [-0.05, 0) is 61.7 Å². The van der Waals surface area contributed by atoms with Crippen LogP contribution in [0.2, 0.25) is 0 Å². The average molecular weight is 451 g/mol. The normalized spacial score (nSPS) is 12.2. The molecule has 0 aliphatic rings. The average Bonchev–Trinajstić information content (AvgIpc) is 2.75. The van der Waals surface area contributed by atoms with Gasteiger partial charge in [-0.15, -0.1) is 0 Å². The second-order valence-corrected chi connectivity index (χ2v) is 7.34. The predicted molar refractivity (Wildman–Crippen MR) is 115 cm³/mol. The van der Waals surface area contributed by atoms with E-state index in [1.165, 1.54) is 25.0 Å². The lowest BCUT2D eigenvalue weighted by Gasteiger charge is -2.23. The highest BCUT2D eigenvalue weighted by Gasteiger charge is 2.31. The Morgan fingerprint density at radius 3 is 2.28 bits per heavy atom. The van der Waals surface area contributed by atoms with Crippen molar-refractivity contribution in [3.8, 4) is 16.9 Å². The zero-order chi connectivity index (χ0) is 24.1. The molecule has 8 heteroatoms. The first kappa shape index (κ1) is 25.2. The highest BCUT2D eigenvalue weighted by molar-refractivity contribution is 5.81. The van der Waals surface area contributed by atoms with E-state index in [1.807, 2.05) is 0 Å². The molecule has 0 aromatic heterocycles. The van der Waals surface area contributed by atoms with Crippen molar-refractivity contribution in [2.24, 2.45) is 0 Å². The van der Waals surface area contributed by atoms with E-state index in [-0.39, 0.29) is 19.1 Å². The third kappa shape index (κ3) is 5.81. The number of carbonyl (C=O) groups is 2. The largest absolute Gasteiger partial charge is 0.496 e. The lowest BCUT2D eigenvalue weighted by atomic mass is 9.92. The quantitative estimate of drug-likeness (QED) is 0.503. The number of benzene rings is 2. The van der Waals surface area contributed by atoms with Crippen molar-refractivity contribution in [1.82, 2.24) is 4.90 Å². The topological polar surface area (TPSA) is 55.8 Å². The molecule has 174 valence electrons. The molecule has 0 heterocycles. The van der Waals surface area contributed by atoms with Gasteiger partial charge in [0.25, 0.3) is 0 Å². The van der Waals surface area contributed by atoms with E-state index in [1.54, 1.807) is 39.0 Å². The standard InChI is InChI=1S/C24H28F3NO4/c1-6-28(16(4)29)14-18-12-19(24(25,26)27)9-10-20(18)21-13-17(8-11-22(21)31-5)15(3)23(30)32-7-2/h8-13,15H,6-7,14H2,1-5H3. The number of methoxy groups -OCH3 is 1. The van der Waals surface area contributed by atoms with Crippen molar-refractivity contribution < 1.29 is 32.2 Å². The summed E-state index contributed by atoms with van der Waals surface area (Å²) in [7, 11) is 1.46. The van der Waals surface area contributed by atoms with Crippen LogP contribution in [-0.2, 0) is 27.0 Å². The van der Waals surface area contributed by atoms with Gasteiger partial charge in [-0.25, -0.2) is 0 Å². The van der Waals surface area contributed by atoms with Crippen molar-refractivity contribution >= 4 is 11.9 Å². The molecule has 1 atom stereocenters. The Morgan fingerprint density at radius 2 is 1.75 bits per heavy atom. The van der Waals surface area contributed by atoms with Gasteiger partial charge in [0, 0.05) is 25.6 Å². The Bertz CT molecular complexity index is 972. The number of rotatable bonds is 8. The first-order valence-electron chi connectivity index (χ1n) is 10.3. The predicted octanol–water partition coefficient (Wildman–Crippen LogP) is 5.42. The maximum atomic E-state index is 13.4. The number of halogens is 3. The second-order valence-electron chi connectivity index (χ2n) is 7.34. The number of amides is 1. The molecule has 0 saturated heterocycles. The van der Waals surface area contributed by atoms with Crippen LogP contribution >= 0.6 is 0 Å². The molecular formula is C24H28F3NO4. The van der Waals surface area contributed by atoms with Crippen molar-refractivity contribution in [2.75, 3.05) is 20.3 Å². The number of esters is 1. The van der Waals surface area contributed by atoms with Gasteiger partial charge >= 0.3 is 12.1 Å². The number of ether oxygens (including phenoxy) is 2. The molecule has 2 aromatic carbocycles. The van der Waals surface area contributed by atoms with Gasteiger partial charge in [0.1, 0.15) is 5.75 Å². The fourth-order valence-corrected chi connectivity index (χ4v) is 3.42. The highest BCUT2D eigenvalue weighted by Crippen LogP contribution is 2.38. The van der Waals surface area contributed by atoms with E-state index in [9.17, 15) is 22.8 Å². The lowest BCUT2D eigenvalue weighted by Crippen LogP contribution is -2.28. The third-order valence-corrected chi connectivity index (χ3v) is 5.27. The van der Waals surface area contributed by atoms with Crippen LogP contribution in [0.3, 0.4) is 0 Å². The van der Waals surface area contributed by atoms with Crippen LogP contribution in [0, 0.1) is 0 Å². The van der Waals surface area contributed by atoms with E-state index in [2.05, 4.69) is 0 Å². The first-order valence-corrected chi connectivity index (χ1v) is 10.3. The molecule has 0 radical (unpaired) electrons. The summed E-state index contributed by atoms with van der Waals surface area (Å²) in [5, 5.41) is 0. The van der Waals surface area contributed by atoms with Crippen molar-refractivity contribution in [3.05, 3.63) is 53.1 Å². The molecule has 1 unspecified atom stereocenters. The smallest absolute Gasteiger partial charge is 0.416 e. The van der Waals surface area contributed by atoms with Gasteiger partial charge < -0.3 is 14.4 Å². The van der Waals surface area contributed by atoms with E-state index >= 15 is 0 Å². The van der Waals surface area contributed by atoms with Crippen LogP contribution in [0.25, 0.3) is 11.1 Å². The molecule has 5 nitrogen and oxygen atoms in total. The summed E-state index contributed by atoms with van der Waals surface area (Å²) >= 11 is 0. The Kier molecular flexibility index (Phi) is 8.30. The third-order valence-electron chi connectivity index (χ3n) is 5.27. The van der Waals surface area contributed by atoms with E-state index in [0.29, 0.717) is 34.5 Å². The van der Waals surface area contributed by atoms with E-state index in [0.717, 1.165) is 12.1 Å². The van der Waals surface area contributed by atoms with Gasteiger partial charge in [0.2, 0.25) is 5.91 Å². The van der Waals surface area contributed by atoms with Crippen LogP contribution in [0.1, 0.15) is 50.3 Å². The first-order chi connectivity index (χ1) is 15.0. The molecule has 2 aromatic rings. The fraction of sp³-hybridized carbons (Fsp3) is 0.417. The Balaban J connectivity index is 2.67. The molecule has 0 N–H and O–H groups in total. The molecule has 32 heavy (non-hydrogen) atoms. The van der Waals surface area contributed by atoms with Gasteiger partial charge in [0.05, 0.1) is 25.2 Å². The monoisotopic (exact) mass is 451 g/mol. The summed E-state index contributed by atoms with van der Waals surface area (Å²) in [5.74, 6) is -0.768. The summed E-state index contributed by atoms with van der Waals surface area (Å²) in [6.45, 7) is 7.15. The Hall–Kier alpha value is -3.03. The Morgan fingerprint density at radius 1 is 1.06 bits per heavy atom. The van der Waals surface area contributed by atoms with Crippen LogP contribution in [0.5, 0.6) is 5.75 Å². The number of hydrogen-bond donors (Lipinski definition) is 0. The van der Waals surface area contributed by atoms with Gasteiger partial charge in [-0.2, -0.15) is 13.2 Å². The molecule has 0 spiro atoms. The summed E-state index contributed by atoms with van der Waals surface area (Å²) in [6.07, 6.45) is -4.52. The van der Waals surface area contributed by atoms with Crippen molar-refractivity contribution in [3.63, 3.8) is 0 Å². The van der Waals surface area contributed by atoms with E-state index < -0.39 is 23.6 Å². The second kappa shape index (κ2) is 10.5. The molecule has 1 amide bonds.